The van der Waals surface area contributed by atoms with Crippen molar-refractivity contribution in [1.29, 1.82) is 0 Å². The summed E-state index contributed by atoms with van der Waals surface area (Å²) in [5.41, 5.74) is 8.98. The maximum atomic E-state index is 12.1. The molecule has 0 aliphatic rings. The third-order valence-electron chi connectivity index (χ3n) is 5.00. The lowest BCUT2D eigenvalue weighted by Gasteiger charge is -2.11. The monoisotopic (exact) mass is 521 g/mol. The Bertz CT molecular complexity index is 1170. The molecule has 0 bridgehead atoms. The van der Waals surface area contributed by atoms with E-state index in [0.717, 1.165) is 27.1 Å². The van der Waals surface area contributed by atoms with Gasteiger partial charge in [0.25, 0.3) is 5.91 Å². The number of amides is 1. The lowest BCUT2D eigenvalue weighted by atomic mass is 10.1. The zero-order valence-electron chi connectivity index (χ0n) is 17.6. The molecule has 0 fully saturated rings. The van der Waals surface area contributed by atoms with E-state index in [1.165, 1.54) is 11.1 Å². The smallest absolute Gasteiger partial charge is 0.277 e. The minimum Gasteiger partial charge on any atom is -0.482 e. The van der Waals surface area contributed by atoms with Gasteiger partial charge >= 0.3 is 0 Å². The van der Waals surface area contributed by atoms with Crippen LogP contribution in [0.4, 0.5) is 0 Å². The van der Waals surface area contributed by atoms with Crippen molar-refractivity contribution in [3.63, 3.8) is 0 Å². The highest BCUT2D eigenvalue weighted by molar-refractivity contribution is 9.10. The first kappa shape index (κ1) is 23.4. The molecule has 0 aliphatic heterocycles. The average molecular weight is 523 g/mol. The van der Waals surface area contributed by atoms with Gasteiger partial charge in [-0.15, -0.1) is 0 Å². The number of benzene rings is 2. The molecule has 2 aromatic carbocycles. The van der Waals surface area contributed by atoms with Crippen LogP contribution in [0.2, 0.25) is 10.0 Å². The van der Waals surface area contributed by atoms with Gasteiger partial charge in [-0.1, -0.05) is 29.3 Å². The summed E-state index contributed by atoms with van der Waals surface area (Å²) in [7, 11) is 0. The van der Waals surface area contributed by atoms with Gasteiger partial charge in [-0.25, -0.2) is 5.43 Å². The van der Waals surface area contributed by atoms with Crippen molar-refractivity contribution in [2.45, 2.75) is 27.7 Å². The van der Waals surface area contributed by atoms with E-state index in [0.29, 0.717) is 15.8 Å². The Morgan fingerprint density at radius 3 is 2.52 bits per heavy atom. The maximum Gasteiger partial charge on any atom is 0.277 e. The Hall–Kier alpha value is -2.28. The highest BCUT2D eigenvalue weighted by Gasteiger charge is 2.16. The second-order valence-electron chi connectivity index (χ2n) is 7.16. The number of ether oxygens (including phenoxy) is 1. The molecule has 0 unspecified atom stereocenters. The number of nitrogens with zero attached hydrogens (tertiary/aromatic N) is 2. The lowest BCUT2D eigenvalue weighted by Crippen LogP contribution is -2.24. The first-order chi connectivity index (χ1) is 14.7. The van der Waals surface area contributed by atoms with Crippen molar-refractivity contribution in [1.82, 2.24) is 9.99 Å². The first-order valence-electron chi connectivity index (χ1n) is 9.53. The Morgan fingerprint density at radius 1 is 1.10 bits per heavy atom. The van der Waals surface area contributed by atoms with Gasteiger partial charge in [-0.2, -0.15) is 5.10 Å². The lowest BCUT2D eigenvalue weighted by molar-refractivity contribution is -0.123. The van der Waals surface area contributed by atoms with E-state index >= 15 is 0 Å². The summed E-state index contributed by atoms with van der Waals surface area (Å²) in [4.78, 5) is 12.1. The zero-order valence-corrected chi connectivity index (χ0v) is 20.7. The SMILES string of the molecule is Cc1ccc(-n2c(C)c(Br)c(/C=N\NC(=O)COc3ccc(Cl)cc3Cl)c2C)cc1C. The standard InChI is InChI=1S/C23H22BrCl2N3O2/c1-13-5-7-18(9-14(13)2)29-15(3)19(23(24)16(29)4)11-27-28-22(30)12-31-21-8-6-17(25)10-20(21)26/h5-11H,12H2,1-4H3,(H,28,30)/b27-11-. The summed E-state index contributed by atoms with van der Waals surface area (Å²) in [6, 6.07) is 11.2. The number of halogens is 3. The van der Waals surface area contributed by atoms with Gasteiger partial charge in [0.2, 0.25) is 0 Å². The minimum atomic E-state index is -0.402. The molecule has 1 aromatic heterocycles. The maximum absolute atomic E-state index is 12.1. The number of rotatable bonds is 6. The molecular formula is C23H22BrCl2N3O2. The van der Waals surface area contributed by atoms with Crippen LogP contribution < -0.4 is 10.2 Å². The molecule has 3 aromatic rings. The first-order valence-corrected chi connectivity index (χ1v) is 11.1. The van der Waals surface area contributed by atoms with Gasteiger partial charge in [-0.05, 0) is 85.1 Å². The van der Waals surface area contributed by atoms with E-state index in [4.69, 9.17) is 27.9 Å². The number of hydrogen-bond donors (Lipinski definition) is 1. The average Bonchev–Trinajstić information content (AvgIpc) is 2.92. The van der Waals surface area contributed by atoms with Crippen LogP contribution in [0.25, 0.3) is 5.69 Å². The van der Waals surface area contributed by atoms with Crippen LogP contribution >= 0.6 is 39.1 Å². The number of aryl methyl sites for hydroxylation is 2. The topological polar surface area (TPSA) is 55.6 Å². The number of carbonyl (C=O) groups is 1. The normalized spacial score (nSPS) is 11.2. The number of hydrazone groups is 1. The fourth-order valence-corrected chi connectivity index (χ4v) is 4.19. The highest BCUT2D eigenvalue weighted by Crippen LogP contribution is 2.30. The zero-order chi connectivity index (χ0) is 22.7. The third-order valence-corrected chi connectivity index (χ3v) is 6.53. The molecule has 0 atom stereocenters. The van der Waals surface area contributed by atoms with Crippen molar-refractivity contribution < 1.29 is 9.53 Å². The largest absolute Gasteiger partial charge is 0.482 e. The van der Waals surface area contributed by atoms with E-state index in [1.54, 1.807) is 24.4 Å². The number of hydrogen-bond acceptors (Lipinski definition) is 3. The van der Waals surface area contributed by atoms with Gasteiger partial charge in [0.15, 0.2) is 6.61 Å². The predicted molar refractivity (Wildman–Crippen MR) is 130 cm³/mol. The molecule has 3 rings (SSSR count). The molecule has 0 saturated carbocycles. The summed E-state index contributed by atoms with van der Waals surface area (Å²) in [5.74, 6) is -0.0220. The third kappa shape index (κ3) is 5.32. The fourth-order valence-electron chi connectivity index (χ4n) is 3.16. The van der Waals surface area contributed by atoms with Gasteiger partial charge in [0.05, 0.1) is 11.2 Å². The molecule has 31 heavy (non-hydrogen) atoms. The van der Waals surface area contributed by atoms with Crippen LogP contribution in [0.15, 0.2) is 46.0 Å². The van der Waals surface area contributed by atoms with E-state index < -0.39 is 5.91 Å². The molecule has 0 aliphatic carbocycles. The molecule has 1 amide bonds. The van der Waals surface area contributed by atoms with Crippen LogP contribution in [0.5, 0.6) is 5.75 Å². The number of nitrogens with one attached hydrogen (secondary N) is 1. The Labute approximate surface area is 200 Å². The van der Waals surface area contributed by atoms with Crippen molar-refractivity contribution in [3.8, 4) is 11.4 Å². The second-order valence-corrected chi connectivity index (χ2v) is 8.80. The summed E-state index contributed by atoms with van der Waals surface area (Å²) >= 11 is 15.5. The highest BCUT2D eigenvalue weighted by atomic mass is 79.9. The van der Waals surface area contributed by atoms with Crippen LogP contribution in [0, 0.1) is 27.7 Å². The van der Waals surface area contributed by atoms with Gasteiger partial charge < -0.3 is 9.30 Å². The van der Waals surface area contributed by atoms with Crippen molar-refractivity contribution in [2.24, 2.45) is 5.10 Å². The molecular weight excluding hydrogens is 501 g/mol. The Morgan fingerprint density at radius 2 is 1.84 bits per heavy atom. The molecule has 1 N–H and O–H groups in total. The van der Waals surface area contributed by atoms with E-state index in [1.807, 2.05) is 13.8 Å². The van der Waals surface area contributed by atoms with Crippen LogP contribution in [-0.4, -0.2) is 23.3 Å². The van der Waals surface area contributed by atoms with Gasteiger partial charge in [-0.3, -0.25) is 4.79 Å². The summed E-state index contributed by atoms with van der Waals surface area (Å²) in [6.07, 6.45) is 1.62. The summed E-state index contributed by atoms with van der Waals surface area (Å²) in [5, 5.41) is 4.92. The summed E-state index contributed by atoms with van der Waals surface area (Å²) < 4.78 is 8.50. The molecule has 162 valence electrons. The fraction of sp³-hybridized carbons (Fsp3) is 0.217. The predicted octanol–water partition coefficient (Wildman–Crippen LogP) is 6.31. The quantitative estimate of drug-likeness (QED) is 0.304. The van der Waals surface area contributed by atoms with Crippen molar-refractivity contribution in [2.75, 3.05) is 6.61 Å². The van der Waals surface area contributed by atoms with Gasteiger partial charge in [0, 0.05) is 32.1 Å². The molecule has 0 saturated heterocycles. The Balaban J connectivity index is 1.70. The van der Waals surface area contributed by atoms with Crippen molar-refractivity contribution in [3.05, 3.63) is 79.0 Å². The van der Waals surface area contributed by atoms with Crippen LogP contribution in [0.1, 0.15) is 28.1 Å². The Kier molecular flexibility index (Phi) is 7.46. The van der Waals surface area contributed by atoms with Crippen LogP contribution in [0.3, 0.4) is 0 Å². The molecule has 1 heterocycles. The van der Waals surface area contributed by atoms with E-state index in [-0.39, 0.29) is 6.61 Å². The molecule has 0 radical (unpaired) electrons. The number of aromatic nitrogens is 1. The summed E-state index contributed by atoms with van der Waals surface area (Å²) in [6.45, 7) is 8.02. The van der Waals surface area contributed by atoms with Crippen molar-refractivity contribution >= 4 is 51.3 Å². The molecule has 5 nitrogen and oxygen atoms in total. The molecule has 8 heteroatoms. The van der Waals surface area contributed by atoms with Gasteiger partial charge in [0.1, 0.15) is 5.75 Å². The molecule has 0 spiro atoms. The van der Waals surface area contributed by atoms with E-state index in [9.17, 15) is 4.79 Å². The van der Waals surface area contributed by atoms with E-state index in [2.05, 4.69) is 63.1 Å². The second kappa shape index (κ2) is 9.90. The number of carbonyl (C=O) groups excluding carboxylic acids is 1. The minimum absolute atomic E-state index is 0.221. The van der Waals surface area contributed by atoms with Crippen LogP contribution in [-0.2, 0) is 4.79 Å².